The van der Waals surface area contributed by atoms with Crippen LogP contribution in [0, 0.1) is 0 Å². The zero-order valence-electron chi connectivity index (χ0n) is 13.3. The minimum absolute atomic E-state index is 0.204. The Hall–Kier alpha value is -2.88. The molecule has 0 N–H and O–H groups in total. The van der Waals surface area contributed by atoms with E-state index in [9.17, 15) is 18.0 Å². The van der Waals surface area contributed by atoms with E-state index in [-0.39, 0.29) is 17.9 Å². The molecule has 0 aliphatic rings. The molecule has 26 heavy (non-hydrogen) atoms. The van der Waals surface area contributed by atoms with Crippen molar-refractivity contribution in [1.29, 1.82) is 0 Å². The SMILES string of the molecule is Cn1c(=O)c2sccc2n2c(COc3ccccc3C(F)(F)F)nnc12. The van der Waals surface area contributed by atoms with Gasteiger partial charge in [0.1, 0.15) is 17.1 Å². The van der Waals surface area contributed by atoms with Crippen molar-refractivity contribution in [2.75, 3.05) is 0 Å². The van der Waals surface area contributed by atoms with Gasteiger partial charge in [-0.3, -0.25) is 13.8 Å². The molecule has 0 saturated heterocycles. The molecule has 0 spiro atoms. The molecule has 0 atom stereocenters. The maximum absolute atomic E-state index is 13.1. The monoisotopic (exact) mass is 380 g/mol. The van der Waals surface area contributed by atoms with Gasteiger partial charge in [-0.25, -0.2) is 0 Å². The molecular weight excluding hydrogens is 369 g/mol. The van der Waals surface area contributed by atoms with Crippen LogP contribution < -0.4 is 10.3 Å². The third kappa shape index (κ3) is 2.53. The summed E-state index contributed by atoms with van der Waals surface area (Å²) in [5.41, 5.74) is -0.465. The van der Waals surface area contributed by atoms with Crippen molar-refractivity contribution in [3.05, 3.63) is 57.5 Å². The Morgan fingerprint density at radius 2 is 1.96 bits per heavy atom. The Bertz CT molecular complexity index is 1180. The van der Waals surface area contributed by atoms with E-state index in [1.807, 2.05) is 0 Å². The van der Waals surface area contributed by atoms with Crippen molar-refractivity contribution in [3.63, 3.8) is 0 Å². The number of para-hydroxylation sites is 1. The van der Waals surface area contributed by atoms with Gasteiger partial charge in [0, 0.05) is 7.05 Å². The van der Waals surface area contributed by atoms with E-state index < -0.39 is 11.7 Å². The average molecular weight is 380 g/mol. The van der Waals surface area contributed by atoms with E-state index in [2.05, 4.69) is 10.2 Å². The molecule has 1 aromatic carbocycles. The number of hydrogen-bond donors (Lipinski definition) is 0. The summed E-state index contributed by atoms with van der Waals surface area (Å²) < 4.78 is 48.1. The van der Waals surface area contributed by atoms with Crippen molar-refractivity contribution >= 4 is 27.3 Å². The van der Waals surface area contributed by atoms with E-state index >= 15 is 0 Å². The molecular formula is C16H11F3N4O2S. The molecule has 0 radical (unpaired) electrons. The second-order valence-corrected chi connectivity index (χ2v) is 6.45. The standard InChI is InChI=1S/C16H11F3N4O2S/c1-22-14(24)13-10(6-7-26-13)23-12(20-21-15(22)23)8-25-11-5-3-2-4-9(11)16(17,18)19/h2-7H,8H2,1H3. The van der Waals surface area contributed by atoms with Crippen molar-refractivity contribution in [1.82, 2.24) is 19.2 Å². The van der Waals surface area contributed by atoms with Gasteiger partial charge in [0.15, 0.2) is 5.82 Å². The fourth-order valence-electron chi connectivity index (χ4n) is 2.72. The van der Waals surface area contributed by atoms with Crippen LogP contribution >= 0.6 is 11.3 Å². The highest BCUT2D eigenvalue weighted by Gasteiger charge is 2.34. The second-order valence-electron chi connectivity index (χ2n) is 5.53. The predicted molar refractivity (Wildman–Crippen MR) is 89.4 cm³/mol. The first-order chi connectivity index (χ1) is 12.4. The first-order valence-corrected chi connectivity index (χ1v) is 8.35. The summed E-state index contributed by atoms with van der Waals surface area (Å²) in [7, 11) is 1.56. The van der Waals surface area contributed by atoms with Gasteiger partial charge >= 0.3 is 6.18 Å². The van der Waals surface area contributed by atoms with Crippen molar-refractivity contribution in [2.45, 2.75) is 12.8 Å². The summed E-state index contributed by atoms with van der Waals surface area (Å²) in [4.78, 5) is 12.3. The smallest absolute Gasteiger partial charge is 0.419 e. The number of hydrogen-bond acceptors (Lipinski definition) is 5. The molecule has 0 aliphatic heterocycles. The molecule has 0 fully saturated rings. The summed E-state index contributed by atoms with van der Waals surface area (Å²) >= 11 is 1.28. The summed E-state index contributed by atoms with van der Waals surface area (Å²) in [6, 6.07) is 6.71. The van der Waals surface area contributed by atoms with Crippen molar-refractivity contribution in [2.24, 2.45) is 7.05 Å². The van der Waals surface area contributed by atoms with Gasteiger partial charge in [0.25, 0.3) is 5.56 Å². The zero-order valence-corrected chi connectivity index (χ0v) is 14.1. The molecule has 3 heterocycles. The lowest BCUT2D eigenvalue weighted by Crippen LogP contribution is -2.19. The molecule has 0 saturated carbocycles. The van der Waals surface area contributed by atoms with E-state index in [0.717, 1.165) is 6.07 Å². The van der Waals surface area contributed by atoms with Crippen LogP contribution in [0.2, 0.25) is 0 Å². The van der Waals surface area contributed by atoms with Gasteiger partial charge in [-0.1, -0.05) is 12.1 Å². The van der Waals surface area contributed by atoms with Crippen LogP contribution in [0.3, 0.4) is 0 Å². The number of aryl methyl sites for hydroxylation is 1. The van der Waals surface area contributed by atoms with Crippen LogP contribution in [0.5, 0.6) is 5.75 Å². The normalized spacial score (nSPS) is 12.2. The first-order valence-electron chi connectivity index (χ1n) is 7.47. The number of benzene rings is 1. The number of nitrogens with zero attached hydrogens (tertiary/aromatic N) is 4. The van der Waals surface area contributed by atoms with Crippen LogP contribution in [-0.2, 0) is 19.8 Å². The number of halogens is 3. The molecule has 0 amide bonds. The lowest BCUT2D eigenvalue weighted by Gasteiger charge is -2.13. The molecule has 0 bridgehead atoms. The largest absolute Gasteiger partial charge is 0.485 e. The fraction of sp³-hybridized carbons (Fsp3) is 0.188. The number of rotatable bonds is 3. The minimum Gasteiger partial charge on any atom is -0.485 e. The van der Waals surface area contributed by atoms with Gasteiger partial charge in [0.2, 0.25) is 5.78 Å². The lowest BCUT2D eigenvalue weighted by atomic mass is 10.2. The van der Waals surface area contributed by atoms with E-state index in [1.165, 1.54) is 34.1 Å². The van der Waals surface area contributed by atoms with Gasteiger partial charge in [-0.15, -0.1) is 21.5 Å². The quantitative estimate of drug-likeness (QED) is 0.548. The van der Waals surface area contributed by atoms with E-state index in [0.29, 0.717) is 21.8 Å². The summed E-state index contributed by atoms with van der Waals surface area (Å²) in [6.07, 6.45) is -4.52. The van der Waals surface area contributed by atoms with Gasteiger partial charge < -0.3 is 4.74 Å². The molecule has 4 rings (SSSR count). The van der Waals surface area contributed by atoms with Crippen molar-refractivity contribution in [3.8, 4) is 5.75 Å². The van der Waals surface area contributed by atoms with E-state index in [4.69, 9.17) is 4.74 Å². The van der Waals surface area contributed by atoms with Crippen molar-refractivity contribution < 1.29 is 17.9 Å². The molecule has 0 unspecified atom stereocenters. The maximum Gasteiger partial charge on any atom is 0.419 e. The number of thiophene rings is 1. The lowest BCUT2D eigenvalue weighted by molar-refractivity contribution is -0.139. The predicted octanol–water partition coefficient (Wildman–Crippen LogP) is 3.24. The molecule has 0 aliphatic carbocycles. The maximum atomic E-state index is 13.1. The zero-order chi connectivity index (χ0) is 18.5. The molecule has 6 nitrogen and oxygen atoms in total. The van der Waals surface area contributed by atoms with Gasteiger partial charge in [0.05, 0.1) is 11.1 Å². The number of fused-ring (bicyclic) bond motifs is 3. The number of alkyl halides is 3. The van der Waals surface area contributed by atoms with Crippen LogP contribution in [0.25, 0.3) is 16.0 Å². The Balaban J connectivity index is 1.78. The van der Waals surface area contributed by atoms with E-state index in [1.54, 1.807) is 22.9 Å². The first kappa shape index (κ1) is 16.6. The van der Waals surface area contributed by atoms with Crippen LogP contribution in [0.4, 0.5) is 13.2 Å². The fourth-order valence-corrected chi connectivity index (χ4v) is 3.57. The Labute approximate surface area is 148 Å². The highest BCUT2D eigenvalue weighted by molar-refractivity contribution is 7.17. The van der Waals surface area contributed by atoms with Gasteiger partial charge in [-0.05, 0) is 23.6 Å². The summed E-state index contributed by atoms with van der Waals surface area (Å²) in [5.74, 6) is 0.308. The summed E-state index contributed by atoms with van der Waals surface area (Å²) in [6.45, 7) is -0.225. The average Bonchev–Trinajstić information content (AvgIpc) is 3.24. The third-order valence-corrected chi connectivity index (χ3v) is 4.84. The third-order valence-electron chi connectivity index (χ3n) is 3.95. The van der Waals surface area contributed by atoms with Gasteiger partial charge in [-0.2, -0.15) is 13.2 Å². The Morgan fingerprint density at radius 3 is 2.73 bits per heavy atom. The van der Waals surface area contributed by atoms with Crippen LogP contribution in [0.1, 0.15) is 11.4 Å². The minimum atomic E-state index is -4.52. The molecule has 134 valence electrons. The van der Waals surface area contributed by atoms with Crippen LogP contribution in [0.15, 0.2) is 40.5 Å². The Kier molecular flexibility index (Phi) is 3.72. The highest BCUT2D eigenvalue weighted by Crippen LogP contribution is 2.36. The number of aromatic nitrogens is 4. The summed E-state index contributed by atoms with van der Waals surface area (Å²) in [5, 5.41) is 9.72. The Morgan fingerprint density at radius 1 is 1.19 bits per heavy atom. The molecule has 3 aromatic heterocycles. The molecule has 4 aromatic rings. The molecule has 10 heteroatoms. The topological polar surface area (TPSA) is 61.4 Å². The second kappa shape index (κ2) is 5.84. The van der Waals surface area contributed by atoms with Crippen LogP contribution in [-0.4, -0.2) is 19.2 Å². The highest BCUT2D eigenvalue weighted by atomic mass is 32.1. The number of ether oxygens (including phenoxy) is 1.